The molecule has 0 bridgehead atoms. The van der Waals surface area contributed by atoms with Crippen molar-refractivity contribution >= 4 is 35.1 Å². The highest BCUT2D eigenvalue weighted by atomic mass is 35.5. The molecular weight excluding hydrogens is 355 g/mol. The third kappa shape index (κ3) is 4.93. The average Bonchev–Trinajstić information content (AvgIpc) is 2.62. The van der Waals surface area contributed by atoms with E-state index < -0.39 is 0 Å². The Kier molecular flexibility index (Phi) is 6.27. The molecule has 1 aliphatic heterocycles. The van der Waals surface area contributed by atoms with Crippen LogP contribution >= 0.6 is 23.2 Å². The van der Waals surface area contributed by atoms with Crippen molar-refractivity contribution < 1.29 is 4.79 Å². The molecule has 3 rings (SSSR count). The molecule has 0 aliphatic carbocycles. The number of hydrogen-bond donors (Lipinski definition) is 1. The van der Waals surface area contributed by atoms with Crippen LogP contribution in [0.4, 0.5) is 0 Å². The quantitative estimate of drug-likeness (QED) is 0.625. The zero-order valence-corrected chi connectivity index (χ0v) is 15.4. The molecular formula is C20H20Cl2N2O. The molecule has 1 aliphatic rings. The summed E-state index contributed by atoms with van der Waals surface area (Å²) in [5.74, 6) is -0.0169. The minimum atomic E-state index is -0.0169. The maximum atomic E-state index is 12.7. The normalized spacial score (nSPS) is 15.6. The lowest BCUT2D eigenvalue weighted by Crippen LogP contribution is -2.43. The molecule has 1 N–H and O–H groups in total. The molecule has 0 radical (unpaired) electrons. The number of ketones is 1. The first-order valence-electron chi connectivity index (χ1n) is 8.32. The van der Waals surface area contributed by atoms with E-state index in [0.29, 0.717) is 10.0 Å². The van der Waals surface area contributed by atoms with Gasteiger partial charge in [-0.3, -0.25) is 9.69 Å². The highest BCUT2D eigenvalue weighted by Gasteiger charge is 2.14. The number of carbonyl (C=O) groups is 1. The maximum absolute atomic E-state index is 12.7. The van der Waals surface area contributed by atoms with Gasteiger partial charge in [0.2, 0.25) is 0 Å². The average molecular weight is 375 g/mol. The first kappa shape index (κ1) is 18.2. The van der Waals surface area contributed by atoms with E-state index >= 15 is 0 Å². The topological polar surface area (TPSA) is 32.3 Å². The van der Waals surface area contributed by atoms with Gasteiger partial charge in [0.1, 0.15) is 0 Å². The number of nitrogens with zero attached hydrogens (tertiary/aromatic N) is 1. The second-order valence-electron chi connectivity index (χ2n) is 6.05. The standard InChI is InChI=1S/C20H20Cl2N2O/c21-17-7-5-15(19(22)13-17)6-8-20(25)18-4-2-1-3-16(18)14-24-11-9-23-10-12-24/h1-8,13,23H,9-12,14H2. The fourth-order valence-electron chi connectivity index (χ4n) is 2.90. The van der Waals surface area contributed by atoms with Crippen molar-refractivity contribution in [3.8, 4) is 0 Å². The van der Waals surface area contributed by atoms with E-state index in [9.17, 15) is 4.79 Å². The molecule has 1 saturated heterocycles. The third-order valence-electron chi connectivity index (χ3n) is 4.26. The smallest absolute Gasteiger partial charge is 0.186 e. The number of piperazine rings is 1. The van der Waals surface area contributed by atoms with E-state index in [1.165, 1.54) is 0 Å². The van der Waals surface area contributed by atoms with E-state index in [0.717, 1.165) is 49.4 Å². The number of hydrogen-bond acceptors (Lipinski definition) is 3. The van der Waals surface area contributed by atoms with Crippen LogP contribution < -0.4 is 5.32 Å². The van der Waals surface area contributed by atoms with Gasteiger partial charge in [-0.2, -0.15) is 0 Å². The molecule has 2 aromatic carbocycles. The highest BCUT2D eigenvalue weighted by Crippen LogP contribution is 2.22. The molecule has 1 heterocycles. The molecule has 2 aromatic rings. The number of carbonyl (C=O) groups excluding carboxylic acids is 1. The largest absolute Gasteiger partial charge is 0.314 e. The predicted octanol–water partition coefficient (Wildman–Crippen LogP) is 4.29. The summed E-state index contributed by atoms with van der Waals surface area (Å²) in [6.45, 7) is 4.77. The monoisotopic (exact) mass is 374 g/mol. The van der Waals surface area contributed by atoms with E-state index in [1.54, 1.807) is 30.4 Å². The van der Waals surface area contributed by atoms with Crippen molar-refractivity contribution in [3.63, 3.8) is 0 Å². The molecule has 0 amide bonds. The fraction of sp³-hybridized carbons (Fsp3) is 0.250. The Morgan fingerprint density at radius 1 is 1.12 bits per heavy atom. The summed E-state index contributed by atoms with van der Waals surface area (Å²) < 4.78 is 0. The molecule has 1 fully saturated rings. The van der Waals surface area contributed by atoms with Crippen molar-refractivity contribution in [2.75, 3.05) is 26.2 Å². The Bertz CT molecular complexity index is 783. The van der Waals surface area contributed by atoms with Gasteiger partial charge < -0.3 is 5.32 Å². The summed E-state index contributed by atoms with van der Waals surface area (Å²) in [7, 11) is 0. The van der Waals surface area contributed by atoms with Gasteiger partial charge in [-0.05, 0) is 35.4 Å². The predicted molar refractivity (Wildman–Crippen MR) is 104 cm³/mol. The molecule has 0 spiro atoms. The maximum Gasteiger partial charge on any atom is 0.186 e. The number of rotatable bonds is 5. The summed E-state index contributed by atoms with van der Waals surface area (Å²) in [4.78, 5) is 15.0. The number of halogens is 2. The lowest BCUT2D eigenvalue weighted by Gasteiger charge is -2.27. The third-order valence-corrected chi connectivity index (χ3v) is 4.83. The van der Waals surface area contributed by atoms with Crippen LogP contribution in [0.2, 0.25) is 10.0 Å². The van der Waals surface area contributed by atoms with Crippen LogP contribution in [0, 0.1) is 0 Å². The first-order valence-corrected chi connectivity index (χ1v) is 9.07. The van der Waals surface area contributed by atoms with Crippen LogP contribution in [0.5, 0.6) is 0 Å². The minimum absolute atomic E-state index is 0.0169. The van der Waals surface area contributed by atoms with Crippen LogP contribution in [0.1, 0.15) is 21.5 Å². The second-order valence-corrected chi connectivity index (χ2v) is 6.89. The Balaban J connectivity index is 1.76. The van der Waals surface area contributed by atoms with E-state index in [2.05, 4.69) is 10.2 Å². The van der Waals surface area contributed by atoms with Gasteiger partial charge in [0.05, 0.1) is 0 Å². The van der Waals surface area contributed by atoms with Gasteiger partial charge in [0.15, 0.2) is 5.78 Å². The summed E-state index contributed by atoms with van der Waals surface area (Å²) in [5, 5.41) is 4.46. The van der Waals surface area contributed by atoms with Gasteiger partial charge in [-0.25, -0.2) is 0 Å². The number of benzene rings is 2. The Hall–Kier alpha value is -1.65. The van der Waals surface area contributed by atoms with Crippen molar-refractivity contribution in [2.24, 2.45) is 0 Å². The van der Waals surface area contributed by atoms with E-state index in [4.69, 9.17) is 23.2 Å². The van der Waals surface area contributed by atoms with Crippen molar-refractivity contribution in [1.29, 1.82) is 0 Å². The Morgan fingerprint density at radius 3 is 2.64 bits per heavy atom. The van der Waals surface area contributed by atoms with Gasteiger partial charge >= 0.3 is 0 Å². The fourth-order valence-corrected chi connectivity index (χ4v) is 3.37. The van der Waals surface area contributed by atoms with Gasteiger partial charge in [-0.1, -0.05) is 53.5 Å². The molecule has 0 saturated carbocycles. The first-order chi connectivity index (χ1) is 12.1. The van der Waals surface area contributed by atoms with Crippen molar-refractivity contribution in [2.45, 2.75) is 6.54 Å². The minimum Gasteiger partial charge on any atom is -0.314 e. The van der Waals surface area contributed by atoms with Gasteiger partial charge in [0, 0.05) is 48.3 Å². The summed E-state index contributed by atoms with van der Waals surface area (Å²) >= 11 is 12.1. The summed E-state index contributed by atoms with van der Waals surface area (Å²) in [6, 6.07) is 13.0. The van der Waals surface area contributed by atoms with Crippen LogP contribution in [0.25, 0.3) is 6.08 Å². The molecule has 0 unspecified atom stereocenters. The van der Waals surface area contributed by atoms with Crippen LogP contribution in [-0.4, -0.2) is 36.9 Å². The van der Waals surface area contributed by atoms with Crippen LogP contribution in [-0.2, 0) is 6.54 Å². The van der Waals surface area contributed by atoms with Crippen LogP contribution in [0.15, 0.2) is 48.5 Å². The summed E-state index contributed by atoms with van der Waals surface area (Å²) in [5.41, 5.74) is 2.57. The molecule has 5 heteroatoms. The van der Waals surface area contributed by atoms with Gasteiger partial charge in [-0.15, -0.1) is 0 Å². The molecule has 130 valence electrons. The zero-order valence-electron chi connectivity index (χ0n) is 13.8. The number of allylic oxidation sites excluding steroid dienone is 1. The van der Waals surface area contributed by atoms with Crippen molar-refractivity contribution in [1.82, 2.24) is 10.2 Å². The Morgan fingerprint density at radius 2 is 1.88 bits per heavy atom. The zero-order chi connectivity index (χ0) is 17.6. The molecule has 0 aromatic heterocycles. The SMILES string of the molecule is O=C(C=Cc1ccc(Cl)cc1Cl)c1ccccc1CN1CCNCC1. The lowest BCUT2D eigenvalue weighted by molar-refractivity contribution is 0.104. The number of nitrogens with one attached hydrogen (secondary N) is 1. The molecule has 3 nitrogen and oxygen atoms in total. The van der Waals surface area contributed by atoms with Crippen molar-refractivity contribution in [3.05, 3.63) is 75.3 Å². The lowest BCUT2D eigenvalue weighted by atomic mass is 10.0. The molecule has 0 atom stereocenters. The van der Waals surface area contributed by atoms with Crippen LogP contribution in [0.3, 0.4) is 0 Å². The van der Waals surface area contributed by atoms with E-state index in [1.807, 2.05) is 24.3 Å². The molecule has 25 heavy (non-hydrogen) atoms. The Labute approximate surface area is 158 Å². The highest BCUT2D eigenvalue weighted by molar-refractivity contribution is 6.35. The summed E-state index contributed by atoms with van der Waals surface area (Å²) in [6.07, 6.45) is 3.31. The van der Waals surface area contributed by atoms with E-state index in [-0.39, 0.29) is 5.78 Å². The second kappa shape index (κ2) is 8.63. The van der Waals surface area contributed by atoms with Gasteiger partial charge in [0.25, 0.3) is 0 Å².